The zero-order chi connectivity index (χ0) is 9.97. The van der Waals surface area contributed by atoms with E-state index in [9.17, 15) is 0 Å². The van der Waals surface area contributed by atoms with E-state index in [2.05, 4.69) is 31.2 Å². The maximum absolute atomic E-state index is 6.18. The Morgan fingerprint density at radius 3 is 2.50 bits per heavy atom. The zero-order valence-corrected chi connectivity index (χ0v) is 8.87. The van der Waals surface area contributed by atoms with Crippen LogP contribution >= 0.6 is 0 Å². The van der Waals surface area contributed by atoms with E-state index < -0.39 is 0 Å². The van der Waals surface area contributed by atoms with E-state index in [0.29, 0.717) is 5.92 Å². The van der Waals surface area contributed by atoms with Gasteiger partial charge in [-0.2, -0.15) is 0 Å². The van der Waals surface area contributed by atoms with Crippen molar-refractivity contribution in [2.45, 2.75) is 44.6 Å². The van der Waals surface area contributed by atoms with E-state index in [0.717, 1.165) is 6.42 Å². The summed E-state index contributed by atoms with van der Waals surface area (Å²) in [6.07, 6.45) is 5.05. The highest BCUT2D eigenvalue weighted by atomic mass is 14.6. The molecule has 0 spiro atoms. The van der Waals surface area contributed by atoms with E-state index in [1.807, 2.05) is 0 Å². The third kappa shape index (κ3) is 1.83. The predicted octanol–water partition coefficient (Wildman–Crippen LogP) is 3.36. The van der Waals surface area contributed by atoms with E-state index >= 15 is 0 Å². The van der Waals surface area contributed by atoms with Gasteiger partial charge in [0.1, 0.15) is 0 Å². The highest BCUT2D eigenvalue weighted by molar-refractivity contribution is 5.32. The van der Waals surface area contributed by atoms with Crippen LogP contribution in [0.1, 0.15) is 55.7 Å². The lowest BCUT2D eigenvalue weighted by molar-refractivity contribution is 0.511. The van der Waals surface area contributed by atoms with Gasteiger partial charge in [-0.25, -0.2) is 0 Å². The average molecular weight is 189 g/mol. The van der Waals surface area contributed by atoms with Gasteiger partial charge in [-0.3, -0.25) is 0 Å². The molecule has 1 aromatic carbocycles. The molecule has 76 valence electrons. The second-order valence-corrected chi connectivity index (χ2v) is 4.42. The van der Waals surface area contributed by atoms with Crippen LogP contribution in [0.3, 0.4) is 0 Å². The molecule has 0 bridgehead atoms. The minimum atomic E-state index is 0.258. The van der Waals surface area contributed by atoms with Gasteiger partial charge in [0.05, 0.1) is 0 Å². The Balaban J connectivity index is 2.39. The van der Waals surface area contributed by atoms with Crippen LogP contribution in [0.2, 0.25) is 0 Å². The molecule has 2 rings (SSSR count). The van der Waals surface area contributed by atoms with E-state index in [-0.39, 0.29) is 6.04 Å². The first-order valence-electron chi connectivity index (χ1n) is 5.63. The monoisotopic (exact) mass is 189 g/mol. The van der Waals surface area contributed by atoms with Crippen molar-refractivity contribution in [3.63, 3.8) is 0 Å². The minimum Gasteiger partial charge on any atom is -0.324 e. The van der Waals surface area contributed by atoms with E-state index in [1.54, 1.807) is 0 Å². The summed E-state index contributed by atoms with van der Waals surface area (Å²) in [5.74, 6) is 0.678. The van der Waals surface area contributed by atoms with Gasteiger partial charge in [0, 0.05) is 6.04 Å². The number of rotatable bonds is 0. The van der Waals surface area contributed by atoms with Crippen molar-refractivity contribution < 1.29 is 0 Å². The molecule has 1 aromatic rings. The summed E-state index contributed by atoms with van der Waals surface area (Å²) in [6.45, 7) is 2.32. The van der Waals surface area contributed by atoms with Crippen LogP contribution < -0.4 is 5.73 Å². The first kappa shape index (κ1) is 9.72. The van der Waals surface area contributed by atoms with Crippen molar-refractivity contribution in [3.8, 4) is 0 Å². The smallest absolute Gasteiger partial charge is 0.0297 e. The van der Waals surface area contributed by atoms with Crippen LogP contribution in [0, 0.1) is 0 Å². The second-order valence-electron chi connectivity index (χ2n) is 4.42. The molecule has 0 aliphatic heterocycles. The molecule has 0 saturated heterocycles. The van der Waals surface area contributed by atoms with Gasteiger partial charge in [0.2, 0.25) is 0 Å². The largest absolute Gasteiger partial charge is 0.324 e. The summed E-state index contributed by atoms with van der Waals surface area (Å²) in [5.41, 5.74) is 9.02. The minimum absolute atomic E-state index is 0.258. The molecule has 0 fully saturated rings. The molecule has 1 aliphatic rings. The van der Waals surface area contributed by atoms with E-state index in [4.69, 9.17) is 5.73 Å². The van der Waals surface area contributed by atoms with Crippen molar-refractivity contribution >= 4 is 0 Å². The molecule has 2 atom stereocenters. The fraction of sp³-hybridized carbons (Fsp3) is 0.538. The molecule has 2 N–H and O–H groups in total. The summed E-state index contributed by atoms with van der Waals surface area (Å²) in [5, 5.41) is 0. The fourth-order valence-electron chi connectivity index (χ4n) is 2.42. The fourth-order valence-corrected chi connectivity index (χ4v) is 2.42. The highest BCUT2D eigenvalue weighted by Crippen LogP contribution is 2.32. The van der Waals surface area contributed by atoms with Crippen molar-refractivity contribution in [2.75, 3.05) is 0 Å². The van der Waals surface area contributed by atoms with Crippen molar-refractivity contribution in [1.29, 1.82) is 0 Å². The number of hydrogen-bond acceptors (Lipinski definition) is 1. The zero-order valence-electron chi connectivity index (χ0n) is 8.87. The maximum atomic E-state index is 6.18. The second kappa shape index (κ2) is 4.14. The molecular weight excluding hydrogens is 170 g/mol. The van der Waals surface area contributed by atoms with Gasteiger partial charge in [-0.1, -0.05) is 44.0 Å². The van der Waals surface area contributed by atoms with Crippen LogP contribution in [-0.4, -0.2) is 0 Å². The van der Waals surface area contributed by atoms with Gasteiger partial charge in [-0.05, 0) is 29.9 Å². The van der Waals surface area contributed by atoms with Crippen molar-refractivity contribution in [2.24, 2.45) is 5.73 Å². The number of benzene rings is 1. The first-order valence-corrected chi connectivity index (χ1v) is 5.63. The van der Waals surface area contributed by atoms with Crippen molar-refractivity contribution in [3.05, 3.63) is 35.4 Å². The third-order valence-corrected chi connectivity index (χ3v) is 3.33. The molecule has 0 aromatic heterocycles. The molecule has 0 radical (unpaired) electrons. The van der Waals surface area contributed by atoms with Crippen LogP contribution in [0.5, 0.6) is 0 Å². The normalized spacial score (nSPS) is 27.6. The van der Waals surface area contributed by atoms with Crippen LogP contribution in [0.4, 0.5) is 0 Å². The lowest BCUT2D eigenvalue weighted by Crippen LogP contribution is -2.15. The summed E-state index contributed by atoms with van der Waals surface area (Å²) < 4.78 is 0. The Morgan fingerprint density at radius 2 is 1.71 bits per heavy atom. The topological polar surface area (TPSA) is 26.0 Å². The summed E-state index contributed by atoms with van der Waals surface area (Å²) in [6, 6.07) is 8.93. The summed E-state index contributed by atoms with van der Waals surface area (Å²) >= 11 is 0. The van der Waals surface area contributed by atoms with Gasteiger partial charge >= 0.3 is 0 Å². The summed E-state index contributed by atoms with van der Waals surface area (Å²) in [7, 11) is 0. The quantitative estimate of drug-likeness (QED) is 0.665. The van der Waals surface area contributed by atoms with Gasteiger partial charge in [-0.15, -0.1) is 0 Å². The predicted molar refractivity (Wildman–Crippen MR) is 60.3 cm³/mol. The number of fused-ring (bicyclic) bond motifs is 1. The van der Waals surface area contributed by atoms with Crippen LogP contribution in [-0.2, 0) is 0 Å². The molecule has 1 aliphatic carbocycles. The Bertz CT molecular complexity index is 275. The molecule has 0 saturated carbocycles. The van der Waals surface area contributed by atoms with Crippen molar-refractivity contribution in [1.82, 2.24) is 0 Å². The maximum Gasteiger partial charge on any atom is 0.0297 e. The molecule has 1 nitrogen and oxygen atoms in total. The Kier molecular flexibility index (Phi) is 2.87. The Labute approximate surface area is 86.3 Å². The highest BCUT2D eigenvalue weighted by Gasteiger charge is 2.17. The standard InChI is InChI=1S/C13H19N/c1-10-6-2-5-9-13(14)12-8-4-3-7-11(10)12/h3-4,7-8,10,13H,2,5-6,9,14H2,1H3/t10-,13?/m0/s1. The molecule has 0 amide bonds. The Hall–Kier alpha value is -0.820. The molecule has 14 heavy (non-hydrogen) atoms. The first-order chi connectivity index (χ1) is 6.79. The molecule has 0 heterocycles. The third-order valence-electron chi connectivity index (χ3n) is 3.33. The lowest BCUT2D eigenvalue weighted by atomic mass is 9.84. The van der Waals surface area contributed by atoms with E-state index in [1.165, 1.54) is 30.4 Å². The van der Waals surface area contributed by atoms with Crippen LogP contribution in [0.25, 0.3) is 0 Å². The average Bonchev–Trinajstić information content (AvgIpc) is 2.22. The van der Waals surface area contributed by atoms with Crippen LogP contribution in [0.15, 0.2) is 24.3 Å². The SMILES string of the molecule is C[C@H]1CCCCC(N)c2ccccc21. The summed E-state index contributed by atoms with van der Waals surface area (Å²) in [4.78, 5) is 0. The Morgan fingerprint density at radius 1 is 1.07 bits per heavy atom. The number of hydrogen-bond donors (Lipinski definition) is 1. The van der Waals surface area contributed by atoms with Gasteiger partial charge < -0.3 is 5.73 Å². The molecule has 1 heteroatoms. The number of nitrogens with two attached hydrogens (primary N) is 1. The van der Waals surface area contributed by atoms with Gasteiger partial charge in [0.25, 0.3) is 0 Å². The molecular formula is C13H19N. The van der Waals surface area contributed by atoms with Gasteiger partial charge in [0.15, 0.2) is 0 Å². The molecule has 1 unspecified atom stereocenters. The lowest BCUT2D eigenvalue weighted by Gasteiger charge is -2.23.